The van der Waals surface area contributed by atoms with Crippen molar-refractivity contribution in [2.45, 2.75) is 31.5 Å². The molecule has 0 unspecified atom stereocenters. The van der Waals surface area contributed by atoms with Gasteiger partial charge in [0.1, 0.15) is 0 Å². The fourth-order valence-electron chi connectivity index (χ4n) is 4.16. The topological polar surface area (TPSA) is 71.1 Å². The van der Waals surface area contributed by atoms with Crippen LogP contribution in [0.25, 0.3) is 0 Å². The molecule has 1 aromatic heterocycles. The molecule has 1 aliphatic carbocycles. The number of carbonyl (C=O) groups excluding carboxylic acids is 2. The third-order valence-electron chi connectivity index (χ3n) is 5.74. The first-order chi connectivity index (χ1) is 14.1. The molecule has 1 aromatic carbocycles. The normalized spacial score (nSPS) is 19.6. The van der Waals surface area contributed by atoms with E-state index in [-0.39, 0.29) is 11.9 Å². The largest absolute Gasteiger partial charge is 0.448 e. The number of hydrogen-bond donors (Lipinski definition) is 1. The zero-order chi connectivity index (χ0) is 19.8. The van der Waals surface area contributed by atoms with Crippen LogP contribution in [0.3, 0.4) is 0 Å². The fourth-order valence-corrected chi connectivity index (χ4v) is 4.85. The van der Waals surface area contributed by atoms with Crippen LogP contribution in [0.5, 0.6) is 11.5 Å². The summed E-state index contributed by atoms with van der Waals surface area (Å²) in [5, 5.41) is 4.84. The molecule has 0 bridgehead atoms. The van der Waals surface area contributed by atoms with Gasteiger partial charge in [0.2, 0.25) is 0 Å². The molecule has 0 atom stereocenters. The number of ether oxygens (including phenoxy) is 2. The fraction of sp³-hybridized carbons (Fsp3) is 0.429. The molecule has 29 heavy (non-hydrogen) atoms. The minimum atomic E-state index is -0.504. The summed E-state index contributed by atoms with van der Waals surface area (Å²) >= 11 is 1.44. The number of carbonyl (C=O) groups is 2. The number of nitrogens with one attached hydrogen (secondary N) is 1. The van der Waals surface area contributed by atoms with Crippen LogP contribution in [-0.4, -0.2) is 53.7 Å². The third kappa shape index (κ3) is 3.53. The molecule has 8 heteroatoms. The first kappa shape index (κ1) is 18.3. The van der Waals surface area contributed by atoms with E-state index in [9.17, 15) is 9.59 Å². The lowest BCUT2D eigenvalue weighted by Gasteiger charge is -2.34. The summed E-state index contributed by atoms with van der Waals surface area (Å²) in [5.74, 6) is 0.967. The van der Waals surface area contributed by atoms with Gasteiger partial charge in [-0.2, -0.15) is 0 Å². The molecule has 1 saturated carbocycles. The monoisotopic (exact) mass is 413 g/mol. The Morgan fingerprint density at radius 3 is 2.41 bits per heavy atom. The summed E-state index contributed by atoms with van der Waals surface area (Å²) in [7, 11) is 0. The SMILES string of the molecule is O=C(Nc1ccc2c(c1)OC1(CCCC1)O2)N1CCN(C(=O)c2cccs2)CC1. The molecule has 1 saturated heterocycles. The molecule has 3 amide bonds. The van der Waals surface area contributed by atoms with Gasteiger partial charge in [0.05, 0.1) is 4.88 Å². The van der Waals surface area contributed by atoms with Crippen molar-refractivity contribution < 1.29 is 19.1 Å². The van der Waals surface area contributed by atoms with Crippen molar-refractivity contribution in [1.82, 2.24) is 9.80 Å². The molecule has 1 spiro atoms. The number of piperazine rings is 1. The Hall–Kier alpha value is -2.74. The molecule has 2 fully saturated rings. The smallest absolute Gasteiger partial charge is 0.321 e. The maximum atomic E-state index is 12.7. The van der Waals surface area contributed by atoms with Gasteiger partial charge >= 0.3 is 6.03 Å². The lowest BCUT2D eigenvalue weighted by Crippen LogP contribution is -2.51. The number of thiophene rings is 1. The van der Waals surface area contributed by atoms with E-state index in [4.69, 9.17) is 9.47 Å². The Labute approximate surface area is 173 Å². The van der Waals surface area contributed by atoms with Crippen molar-refractivity contribution in [1.29, 1.82) is 0 Å². The summed E-state index contributed by atoms with van der Waals surface area (Å²) in [6, 6.07) is 9.07. The van der Waals surface area contributed by atoms with Crippen molar-refractivity contribution in [2.24, 2.45) is 0 Å². The molecule has 3 aliphatic rings. The van der Waals surface area contributed by atoms with Crippen molar-refractivity contribution in [3.8, 4) is 11.5 Å². The van der Waals surface area contributed by atoms with Crippen molar-refractivity contribution in [2.75, 3.05) is 31.5 Å². The predicted molar refractivity (Wildman–Crippen MR) is 110 cm³/mol. The summed E-state index contributed by atoms with van der Waals surface area (Å²) in [5.41, 5.74) is 0.685. The Morgan fingerprint density at radius 1 is 0.966 bits per heavy atom. The number of urea groups is 1. The predicted octanol–water partition coefficient (Wildman–Crippen LogP) is 3.78. The minimum Gasteiger partial charge on any atom is -0.448 e. The summed E-state index contributed by atoms with van der Waals surface area (Å²) in [4.78, 5) is 29.4. The van der Waals surface area contributed by atoms with Gasteiger partial charge in [-0.25, -0.2) is 4.79 Å². The van der Waals surface area contributed by atoms with E-state index in [1.807, 2.05) is 35.7 Å². The highest BCUT2D eigenvalue weighted by molar-refractivity contribution is 7.12. The molecule has 152 valence electrons. The van der Waals surface area contributed by atoms with Crippen LogP contribution in [0.4, 0.5) is 10.5 Å². The lowest BCUT2D eigenvalue weighted by molar-refractivity contribution is -0.0716. The van der Waals surface area contributed by atoms with E-state index >= 15 is 0 Å². The van der Waals surface area contributed by atoms with Crippen molar-refractivity contribution >= 4 is 29.0 Å². The number of benzene rings is 1. The van der Waals surface area contributed by atoms with E-state index in [2.05, 4.69) is 5.32 Å². The maximum Gasteiger partial charge on any atom is 0.321 e. The highest BCUT2D eigenvalue weighted by atomic mass is 32.1. The Kier molecular flexibility index (Phi) is 4.58. The molecule has 2 aliphatic heterocycles. The van der Waals surface area contributed by atoms with Crippen LogP contribution >= 0.6 is 11.3 Å². The Bertz CT molecular complexity index is 916. The lowest BCUT2D eigenvalue weighted by atomic mass is 10.2. The minimum absolute atomic E-state index is 0.0386. The van der Waals surface area contributed by atoms with Gasteiger partial charge < -0.3 is 24.6 Å². The highest BCUT2D eigenvalue weighted by Crippen LogP contribution is 2.47. The van der Waals surface area contributed by atoms with Crippen molar-refractivity contribution in [3.05, 3.63) is 40.6 Å². The first-order valence-electron chi connectivity index (χ1n) is 10.0. The second-order valence-electron chi connectivity index (χ2n) is 7.67. The molecular weight excluding hydrogens is 390 g/mol. The number of nitrogens with zero attached hydrogens (tertiary/aromatic N) is 2. The number of hydrogen-bond acceptors (Lipinski definition) is 5. The van der Waals surface area contributed by atoms with E-state index in [1.165, 1.54) is 11.3 Å². The highest BCUT2D eigenvalue weighted by Gasteiger charge is 2.44. The molecular formula is C21H23N3O4S. The van der Waals surface area contributed by atoms with Gasteiger partial charge in [-0.05, 0) is 36.4 Å². The molecule has 5 rings (SSSR count). The number of amides is 3. The Balaban J connectivity index is 1.18. The Morgan fingerprint density at radius 2 is 1.69 bits per heavy atom. The number of anilines is 1. The quantitative estimate of drug-likeness (QED) is 0.813. The second kappa shape index (κ2) is 7.26. The van der Waals surface area contributed by atoms with E-state index < -0.39 is 5.79 Å². The van der Waals surface area contributed by atoms with E-state index in [1.54, 1.807) is 9.80 Å². The van der Waals surface area contributed by atoms with Gasteiger partial charge in [0.25, 0.3) is 11.7 Å². The zero-order valence-corrected chi connectivity index (χ0v) is 16.9. The second-order valence-corrected chi connectivity index (χ2v) is 8.62. The molecule has 2 aromatic rings. The van der Waals surface area contributed by atoms with Gasteiger partial charge in [0.15, 0.2) is 11.5 Å². The summed E-state index contributed by atoms with van der Waals surface area (Å²) < 4.78 is 12.1. The number of rotatable bonds is 2. The van der Waals surface area contributed by atoms with Crippen molar-refractivity contribution in [3.63, 3.8) is 0 Å². The number of fused-ring (bicyclic) bond motifs is 1. The molecule has 1 N–H and O–H groups in total. The van der Waals surface area contributed by atoms with Crippen LogP contribution in [0.15, 0.2) is 35.7 Å². The van der Waals surface area contributed by atoms with Crippen LogP contribution in [0, 0.1) is 0 Å². The van der Waals surface area contributed by atoms with Crippen LogP contribution in [-0.2, 0) is 0 Å². The van der Waals surface area contributed by atoms with Gasteiger partial charge in [-0.15, -0.1) is 11.3 Å². The van der Waals surface area contributed by atoms with Gasteiger partial charge in [-0.1, -0.05) is 6.07 Å². The van der Waals surface area contributed by atoms with Crippen LogP contribution in [0.1, 0.15) is 35.4 Å². The van der Waals surface area contributed by atoms with E-state index in [0.717, 1.165) is 36.3 Å². The maximum absolute atomic E-state index is 12.7. The average Bonchev–Trinajstić information content (AvgIpc) is 3.48. The van der Waals surface area contributed by atoms with E-state index in [0.29, 0.717) is 37.6 Å². The summed E-state index contributed by atoms with van der Waals surface area (Å²) in [6.45, 7) is 2.09. The first-order valence-corrected chi connectivity index (χ1v) is 10.9. The molecule has 7 nitrogen and oxygen atoms in total. The van der Waals surface area contributed by atoms with Crippen LogP contribution in [0.2, 0.25) is 0 Å². The average molecular weight is 413 g/mol. The third-order valence-corrected chi connectivity index (χ3v) is 6.60. The zero-order valence-electron chi connectivity index (χ0n) is 16.1. The summed E-state index contributed by atoms with van der Waals surface area (Å²) in [6.07, 6.45) is 4.02. The molecule has 0 radical (unpaired) electrons. The van der Waals surface area contributed by atoms with Crippen LogP contribution < -0.4 is 14.8 Å². The van der Waals surface area contributed by atoms with Gasteiger partial charge in [-0.3, -0.25) is 4.79 Å². The van der Waals surface area contributed by atoms with Gasteiger partial charge in [0, 0.05) is 50.8 Å². The standard InChI is InChI=1S/C21H23N3O4S/c25-19(18-4-3-13-29-18)23-9-11-24(12-10-23)20(26)22-15-5-6-16-17(14-15)28-21(27-16)7-1-2-8-21/h3-6,13-14H,1-2,7-12H2,(H,22,26). The molecule has 3 heterocycles.